The zero-order chi connectivity index (χ0) is 4.41. The molecule has 0 atom stereocenters. The van der Waals surface area contributed by atoms with Gasteiger partial charge in [0, 0.05) is 0 Å². The van der Waals surface area contributed by atoms with Crippen LogP contribution in [-0.4, -0.2) is 15.4 Å². The maximum Gasteiger partial charge on any atom is 1.00 e. The molecule has 0 radical (unpaired) electrons. The molecule has 1 aromatic heterocycles. The van der Waals surface area contributed by atoms with Gasteiger partial charge in [0.1, 0.15) is 4.64 Å². The molecular weight excluding hydrogens is 121 g/mol. The number of aromatic amines is 2. The summed E-state index contributed by atoms with van der Waals surface area (Å²) in [5, 5.41) is 8.57. The molecule has 2 N–H and O–H groups in total. The van der Waals surface area contributed by atoms with E-state index in [1.54, 1.807) is 0 Å². The normalized spacial score (nSPS) is 7.43. The van der Waals surface area contributed by atoms with Gasteiger partial charge in [-0.25, -0.2) is 5.21 Å². The fourth-order valence-electron chi connectivity index (χ4n) is 0.211. The van der Waals surface area contributed by atoms with E-state index >= 15 is 0 Å². The van der Waals surface area contributed by atoms with Gasteiger partial charge in [0.05, 0.1) is 6.20 Å². The van der Waals surface area contributed by atoms with Crippen molar-refractivity contribution in [2.75, 3.05) is 0 Å². The second-order valence-corrected chi connectivity index (χ2v) is 1.30. The van der Waals surface area contributed by atoms with Gasteiger partial charge in [0.2, 0.25) is 0 Å². The van der Waals surface area contributed by atoms with E-state index in [0.717, 1.165) is 0 Å². The summed E-state index contributed by atoms with van der Waals surface area (Å²) in [6.07, 6.45) is 1.54. The van der Waals surface area contributed by atoms with Crippen molar-refractivity contribution in [2.24, 2.45) is 0 Å². The van der Waals surface area contributed by atoms with Crippen LogP contribution in [0, 0.1) is 4.64 Å². The maximum atomic E-state index is 4.60. The zero-order valence-corrected chi connectivity index (χ0v) is 6.75. The van der Waals surface area contributed by atoms with Crippen LogP contribution < -0.4 is 29.6 Å². The fourth-order valence-corrected chi connectivity index (χ4v) is 0.309. The second-order valence-electron chi connectivity index (χ2n) is 0.859. The zero-order valence-electron chi connectivity index (χ0n) is 4.93. The molecule has 0 fully saturated rings. The van der Waals surface area contributed by atoms with Gasteiger partial charge >= 0.3 is 29.6 Å². The monoisotopic (exact) mass is 125 g/mol. The SMILES string of the molecule is S=c1cn[nH][nH]1.[H-].[Na+]. The molecule has 1 heterocycles. The van der Waals surface area contributed by atoms with Crippen molar-refractivity contribution in [3.63, 3.8) is 0 Å². The third-order valence-electron chi connectivity index (χ3n) is 0.425. The molecule has 0 amide bonds. The molecule has 3 nitrogen and oxygen atoms in total. The van der Waals surface area contributed by atoms with Crippen LogP contribution in [0.5, 0.6) is 0 Å². The quantitative estimate of drug-likeness (QED) is 0.299. The van der Waals surface area contributed by atoms with Crippen LogP contribution in [-0.2, 0) is 0 Å². The number of nitrogens with zero attached hydrogens (tertiary/aromatic N) is 1. The van der Waals surface area contributed by atoms with Crippen molar-refractivity contribution in [1.29, 1.82) is 0 Å². The molecule has 0 aliphatic rings. The molecule has 0 unspecified atom stereocenters. The third kappa shape index (κ3) is 2.23. The molecule has 0 saturated heterocycles. The summed E-state index contributed by atoms with van der Waals surface area (Å²) in [6, 6.07) is 0. The summed E-state index contributed by atoms with van der Waals surface area (Å²) in [7, 11) is 0. The van der Waals surface area contributed by atoms with Crippen molar-refractivity contribution >= 4 is 12.2 Å². The van der Waals surface area contributed by atoms with Crippen molar-refractivity contribution in [2.45, 2.75) is 0 Å². The van der Waals surface area contributed by atoms with Crippen LogP contribution >= 0.6 is 12.2 Å². The maximum absolute atomic E-state index is 4.60. The van der Waals surface area contributed by atoms with Gasteiger partial charge in [-0.2, -0.15) is 5.10 Å². The Morgan fingerprint density at radius 1 is 1.86 bits per heavy atom. The molecule has 0 aliphatic carbocycles. The molecule has 1 aromatic rings. The van der Waals surface area contributed by atoms with Crippen LogP contribution in [0.2, 0.25) is 0 Å². The first-order chi connectivity index (χ1) is 2.89. The fraction of sp³-hybridized carbons (Fsp3) is 0. The first-order valence-corrected chi connectivity index (χ1v) is 1.88. The van der Waals surface area contributed by atoms with Crippen LogP contribution in [0.25, 0.3) is 0 Å². The number of H-pyrrole nitrogens is 2. The Hall–Kier alpha value is 0.360. The van der Waals surface area contributed by atoms with Crippen LogP contribution in [0.3, 0.4) is 0 Å². The summed E-state index contributed by atoms with van der Waals surface area (Å²) in [5.41, 5.74) is 0. The van der Waals surface area contributed by atoms with Gasteiger partial charge < -0.3 is 1.43 Å². The average Bonchev–Trinajstić information content (AvgIpc) is 1.86. The largest absolute Gasteiger partial charge is 1.00 e. The molecule has 7 heavy (non-hydrogen) atoms. The van der Waals surface area contributed by atoms with E-state index < -0.39 is 0 Å². The van der Waals surface area contributed by atoms with E-state index in [4.69, 9.17) is 0 Å². The van der Waals surface area contributed by atoms with E-state index in [0.29, 0.717) is 4.64 Å². The Balaban J connectivity index is 0. The van der Waals surface area contributed by atoms with Gasteiger partial charge in [0.15, 0.2) is 0 Å². The molecule has 0 bridgehead atoms. The topological polar surface area (TPSA) is 44.5 Å². The first kappa shape index (κ1) is 7.36. The smallest absolute Gasteiger partial charge is 1.00 e. The standard InChI is InChI=1S/C2H3N3S.Na.H/c6-2-1-3-5-4-2;;/h1H,(H2,3,4,5,6);;/q;+1;-1. The van der Waals surface area contributed by atoms with Crippen molar-refractivity contribution in [3.8, 4) is 0 Å². The summed E-state index contributed by atoms with van der Waals surface area (Å²) >= 11 is 4.60. The predicted molar refractivity (Wildman–Crippen MR) is 24.9 cm³/mol. The van der Waals surface area contributed by atoms with Gasteiger partial charge in [-0.3, -0.25) is 5.10 Å². The Morgan fingerprint density at radius 3 is 2.71 bits per heavy atom. The Bertz CT molecular complexity index is 155. The number of hydrogen-bond donors (Lipinski definition) is 2. The average molecular weight is 125 g/mol. The van der Waals surface area contributed by atoms with Gasteiger partial charge in [-0.1, -0.05) is 12.2 Å². The van der Waals surface area contributed by atoms with Crippen LogP contribution in [0.1, 0.15) is 1.43 Å². The minimum absolute atomic E-state index is 0. The molecule has 1 rings (SSSR count). The second kappa shape index (κ2) is 3.37. The summed E-state index contributed by atoms with van der Waals surface area (Å²) < 4.78 is 0.634. The van der Waals surface area contributed by atoms with Gasteiger partial charge in [-0.15, -0.1) is 0 Å². The van der Waals surface area contributed by atoms with Gasteiger partial charge in [0.25, 0.3) is 0 Å². The molecule has 0 aromatic carbocycles. The van der Waals surface area contributed by atoms with E-state index in [1.807, 2.05) is 0 Å². The predicted octanol–water partition coefficient (Wildman–Crippen LogP) is -2.42. The molecule has 5 heteroatoms. The Labute approximate surface area is 69.3 Å². The minimum atomic E-state index is 0. The number of rotatable bonds is 0. The number of nitrogens with one attached hydrogen (secondary N) is 2. The molecule has 0 saturated carbocycles. The Kier molecular flexibility index (Phi) is 3.55. The molecule has 34 valence electrons. The summed E-state index contributed by atoms with van der Waals surface area (Å²) in [6.45, 7) is 0. The third-order valence-corrected chi connectivity index (χ3v) is 0.633. The van der Waals surface area contributed by atoms with Crippen molar-refractivity contribution < 1.29 is 31.0 Å². The number of hydrogen-bond acceptors (Lipinski definition) is 2. The Morgan fingerprint density at radius 2 is 2.57 bits per heavy atom. The first-order valence-electron chi connectivity index (χ1n) is 1.47. The van der Waals surface area contributed by atoms with Crippen molar-refractivity contribution in [3.05, 3.63) is 10.8 Å². The summed E-state index contributed by atoms with van der Waals surface area (Å²) in [5.74, 6) is 0. The molecule has 0 spiro atoms. The minimum Gasteiger partial charge on any atom is -1.00 e. The summed E-state index contributed by atoms with van der Waals surface area (Å²) in [4.78, 5) is 0. The molecular formula is C2H4N3NaS. The van der Waals surface area contributed by atoms with E-state index in [2.05, 4.69) is 27.6 Å². The van der Waals surface area contributed by atoms with Crippen molar-refractivity contribution in [1.82, 2.24) is 15.4 Å². The van der Waals surface area contributed by atoms with Gasteiger partial charge in [-0.05, 0) is 0 Å². The van der Waals surface area contributed by atoms with E-state index in [1.165, 1.54) is 6.20 Å². The van der Waals surface area contributed by atoms with Crippen LogP contribution in [0.15, 0.2) is 6.20 Å². The van der Waals surface area contributed by atoms with E-state index in [9.17, 15) is 0 Å². The number of aromatic nitrogens is 3. The molecule has 0 aliphatic heterocycles. The van der Waals surface area contributed by atoms with E-state index in [-0.39, 0.29) is 31.0 Å². The van der Waals surface area contributed by atoms with Crippen LogP contribution in [0.4, 0.5) is 0 Å².